The summed E-state index contributed by atoms with van der Waals surface area (Å²) in [5.41, 5.74) is 0. The molecule has 2 atom stereocenters. The maximum absolute atomic E-state index is 4.38. The van der Waals surface area contributed by atoms with Crippen LogP contribution in [0.2, 0.25) is 0 Å². The molecule has 1 N–H and O–H groups in total. The molecule has 80 valence electrons. The predicted molar refractivity (Wildman–Crippen MR) is 57.3 cm³/mol. The van der Waals surface area contributed by atoms with Gasteiger partial charge < -0.3 is 5.32 Å². The maximum Gasteiger partial charge on any atom is 0.147 e. The second kappa shape index (κ2) is 4.55. The van der Waals surface area contributed by atoms with E-state index in [0.717, 1.165) is 18.2 Å². The third-order valence-electron chi connectivity index (χ3n) is 2.54. The van der Waals surface area contributed by atoms with Gasteiger partial charge in [0.25, 0.3) is 0 Å². The van der Waals surface area contributed by atoms with E-state index >= 15 is 0 Å². The minimum absolute atomic E-state index is 0.344. The number of nitrogens with one attached hydrogen (secondary N) is 1. The standard InChI is InChI=1S/C10H20N4/c1-6-11-7(2)8(3)14-10(5)12-9(4)13-14/h7-8,11H,6H2,1-5H3. The predicted octanol–water partition coefficient (Wildman–Crippen LogP) is 1.45. The molecule has 0 aliphatic carbocycles. The van der Waals surface area contributed by atoms with Crippen molar-refractivity contribution in [2.24, 2.45) is 0 Å². The lowest BCUT2D eigenvalue weighted by molar-refractivity contribution is 0.364. The fraction of sp³-hybridized carbons (Fsp3) is 0.800. The lowest BCUT2D eigenvalue weighted by atomic mass is 10.2. The van der Waals surface area contributed by atoms with Crippen LogP contribution in [0.5, 0.6) is 0 Å². The van der Waals surface area contributed by atoms with Crippen molar-refractivity contribution in [3.05, 3.63) is 11.6 Å². The van der Waals surface area contributed by atoms with Crippen LogP contribution in [0.1, 0.15) is 38.5 Å². The van der Waals surface area contributed by atoms with Gasteiger partial charge in [0.2, 0.25) is 0 Å². The zero-order valence-electron chi connectivity index (χ0n) is 9.70. The third-order valence-corrected chi connectivity index (χ3v) is 2.54. The van der Waals surface area contributed by atoms with E-state index in [1.807, 2.05) is 18.5 Å². The lowest BCUT2D eigenvalue weighted by Gasteiger charge is -2.21. The van der Waals surface area contributed by atoms with E-state index in [2.05, 4.69) is 36.2 Å². The quantitative estimate of drug-likeness (QED) is 0.792. The highest BCUT2D eigenvalue weighted by atomic mass is 15.4. The highest BCUT2D eigenvalue weighted by molar-refractivity contribution is 4.91. The van der Waals surface area contributed by atoms with Gasteiger partial charge >= 0.3 is 0 Å². The van der Waals surface area contributed by atoms with Crippen LogP contribution in [0, 0.1) is 13.8 Å². The molecule has 0 saturated heterocycles. The first kappa shape index (κ1) is 11.2. The minimum Gasteiger partial charge on any atom is -0.312 e. The molecular formula is C10H20N4. The molecule has 0 saturated carbocycles. The Balaban J connectivity index is 2.77. The molecule has 0 bridgehead atoms. The van der Waals surface area contributed by atoms with Gasteiger partial charge in [0.1, 0.15) is 11.6 Å². The summed E-state index contributed by atoms with van der Waals surface area (Å²) in [5.74, 6) is 1.83. The number of likely N-dealkylation sites (N-methyl/N-ethyl adjacent to an activating group) is 1. The Morgan fingerprint density at radius 2 is 2.00 bits per heavy atom. The number of hydrogen-bond acceptors (Lipinski definition) is 3. The van der Waals surface area contributed by atoms with Crippen LogP contribution in [-0.2, 0) is 0 Å². The first-order valence-electron chi connectivity index (χ1n) is 5.19. The molecule has 0 aromatic carbocycles. The molecule has 0 aliphatic heterocycles. The van der Waals surface area contributed by atoms with Crippen molar-refractivity contribution < 1.29 is 0 Å². The van der Waals surface area contributed by atoms with Gasteiger partial charge in [-0.05, 0) is 34.2 Å². The molecule has 1 heterocycles. The van der Waals surface area contributed by atoms with Gasteiger partial charge in [-0.1, -0.05) is 6.92 Å². The molecule has 0 aliphatic rings. The molecule has 1 aromatic rings. The number of hydrogen-bond donors (Lipinski definition) is 1. The zero-order valence-corrected chi connectivity index (χ0v) is 9.70. The van der Waals surface area contributed by atoms with Crippen molar-refractivity contribution in [1.29, 1.82) is 0 Å². The van der Waals surface area contributed by atoms with Crippen LogP contribution in [0.3, 0.4) is 0 Å². The molecule has 0 radical (unpaired) electrons. The molecular weight excluding hydrogens is 176 g/mol. The van der Waals surface area contributed by atoms with Crippen molar-refractivity contribution in [1.82, 2.24) is 20.1 Å². The van der Waals surface area contributed by atoms with Crippen molar-refractivity contribution >= 4 is 0 Å². The summed E-state index contributed by atoms with van der Waals surface area (Å²) in [6.45, 7) is 11.4. The Bertz CT molecular complexity index is 292. The smallest absolute Gasteiger partial charge is 0.147 e. The van der Waals surface area contributed by atoms with Gasteiger partial charge in [-0.15, -0.1) is 0 Å². The Morgan fingerprint density at radius 3 is 2.43 bits per heavy atom. The Morgan fingerprint density at radius 1 is 1.36 bits per heavy atom. The second-order valence-corrected chi connectivity index (χ2v) is 3.74. The van der Waals surface area contributed by atoms with Crippen molar-refractivity contribution in [3.8, 4) is 0 Å². The average Bonchev–Trinajstić information content (AvgIpc) is 2.44. The maximum atomic E-state index is 4.38. The summed E-state index contributed by atoms with van der Waals surface area (Å²) in [6.07, 6.45) is 0. The summed E-state index contributed by atoms with van der Waals surface area (Å²) in [4.78, 5) is 4.30. The van der Waals surface area contributed by atoms with Gasteiger partial charge in [-0.25, -0.2) is 9.67 Å². The average molecular weight is 196 g/mol. The Labute approximate surface area is 85.7 Å². The molecule has 0 amide bonds. The monoisotopic (exact) mass is 196 g/mol. The zero-order chi connectivity index (χ0) is 10.7. The number of aryl methyl sites for hydroxylation is 2. The van der Waals surface area contributed by atoms with E-state index in [0.29, 0.717) is 12.1 Å². The highest BCUT2D eigenvalue weighted by Crippen LogP contribution is 2.11. The highest BCUT2D eigenvalue weighted by Gasteiger charge is 2.16. The van der Waals surface area contributed by atoms with Gasteiger partial charge in [-0.3, -0.25) is 0 Å². The van der Waals surface area contributed by atoms with Crippen LogP contribution in [0.25, 0.3) is 0 Å². The Kier molecular flexibility index (Phi) is 3.63. The molecule has 0 fully saturated rings. The van der Waals surface area contributed by atoms with Gasteiger partial charge in [-0.2, -0.15) is 5.10 Å². The normalized spacial score (nSPS) is 15.5. The van der Waals surface area contributed by atoms with Crippen molar-refractivity contribution in [3.63, 3.8) is 0 Å². The summed E-state index contributed by atoms with van der Waals surface area (Å²) in [7, 11) is 0. The van der Waals surface area contributed by atoms with Crippen LogP contribution in [0.4, 0.5) is 0 Å². The number of nitrogens with zero attached hydrogens (tertiary/aromatic N) is 3. The fourth-order valence-electron chi connectivity index (χ4n) is 1.63. The molecule has 2 unspecified atom stereocenters. The van der Waals surface area contributed by atoms with E-state index in [1.165, 1.54) is 0 Å². The van der Waals surface area contributed by atoms with Crippen LogP contribution >= 0.6 is 0 Å². The molecule has 4 heteroatoms. The van der Waals surface area contributed by atoms with Gasteiger partial charge in [0.05, 0.1) is 6.04 Å². The molecule has 14 heavy (non-hydrogen) atoms. The van der Waals surface area contributed by atoms with E-state index in [-0.39, 0.29) is 0 Å². The molecule has 4 nitrogen and oxygen atoms in total. The van der Waals surface area contributed by atoms with E-state index in [1.54, 1.807) is 0 Å². The first-order chi connectivity index (χ1) is 6.56. The molecule has 1 rings (SSSR count). The summed E-state index contributed by atoms with van der Waals surface area (Å²) in [6, 6.07) is 0.760. The first-order valence-corrected chi connectivity index (χ1v) is 5.19. The second-order valence-electron chi connectivity index (χ2n) is 3.74. The fourth-order valence-corrected chi connectivity index (χ4v) is 1.63. The van der Waals surface area contributed by atoms with Crippen LogP contribution in [0.15, 0.2) is 0 Å². The molecule has 1 aromatic heterocycles. The van der Waals surface area contributed by atoms with E-state index in [4.69, 9.17) is 0 Å². The van der Waals surface area contributed by atoms with E-state index in [9.17, 15) is 0 Å². The lowest BCUT2D eigenvalue weighted by Crippen LogP contribution is -2.34. The number of aromatic nitrogens is 3. The summed E-state index contributed by atoms with van der Waals surface area (Å²) in [5, 5.41) is 7.77. The third kappa shape index (κ3) is 2.32. The Hall–Kier alpha value is -0.900. The topological polar surface area (TPSA) is 42.7 Å². The SMILES string of the molecule is CCNC(C)C(C)n1nc(C)nc1C. The van der Waals surface area contributed by atoms with Crippen LogP contribution < -0.4 is 5.32 Å². The summed E-state index contributed by atoms with van der Waals surface area (Å²) >= 11 is 0. The van der Waals surface area contributed by atoms with Crippen LogP contribution in [-0.4, -0.2) is 27.4 Å². The number of rotatable bonds is 4. The van der Waals surface area contributed by atoms with Gasteiger partial charge in [0, 0.05) is 6.04 Å². The minimum atomic E-state index is 0.344. The summed E-state index contributed by atoms with van der Waals surface area (Å²) < 4.78 is 1.99. The molecule has 0 spiro atoms. The van der Waals surface area contributed by atoms with Crippen molar-refractivity contribution in [2.45, 2.75) is 46.7 Å². The van der Waals surface area contributed by atoms with E-state index < -0.39 is 0 Å². The largest absolute Gasteiger partial charge is 0.312 e. The van der Waals surface area contributed by atoms with Crippen molar-refractivity contribution in [2.75, 3.05) is 6.54 Å². The van der Waals surface area contributed by atoms with Gasteiger partial charge in [0.15, 0.2) is 0 Å².